The van der Waals surface area contributed by atoms with Crippen LogP contribution in [0.5, 0.6) is 0 Å². The van der Waals surface area contributed by atoms with Crippen molar-refractivity contribution < 1.29 is 17.2 Å². The lowest BCUT2D eigenvalue weighted by Crippen LogP contribution is -2.14. The molecule has 0 aliphatic heterocycles. The van der Waals surface area contributed by atoms with Crippen LogP contribution in [-0.4, -0.2) is 8.42 Å². The summed E-state index contributed by atoms with van der Waals surface area (Å²) in [6.45, 7) is 0. The molecule has 9 heteroatoms. The first-order chi connectivity index (χ1) is 9.72. The van der Waals surface area contributed by atoms with Crippen molar-refractivity contribution in [3.8, 4) is 0 Å². The molecule has 1 N–H and O–H groups in total. The van der Waals surface area contributed by atoms with Crippen LogP contribution in [-0.2, 0) is 10.0 Å². The predicted molar refractivity (Wildman–Crippen MR) is 81.3 cm³/mol. The van der Waals surface area contributed by atoms with Crippen LogP contribution >= 0.6 is 39.1 Å². The minimum atomic E-state index is -4.18. The van der Waals surface area contributed by atoms with Gasteiger partial charge < -0.3 is 0 Å². The van der Waals surface area contributed by atoms with E-state index in [4.69, 9.17) is 23.2 Å². The van der Waals surface area contributed by atoms with Crippen LogP contribution in [0.3, 0.4) is 0 Å². The van der Waals surface area contributed by atoms with Crippen molar-refractivity contribution in [3.63, 3.8) is 0 Å². The van der Waals surface area contributed by atoms with E-state index in [1.54, 1.807) is 0 Å². The van der Waals surface area contributed by atoms with Gasteiger partial charge in [0.15, 0.2) is 5.82 Å². The topological polar surface area (TPSA) is 46.2 Å². The van der Waals surface area contributed by atoms with E-state index in [2.05, 4.69) is 20.7 Å². The maximum Gasteiger partial charge on any atom is 0.263 e. The van der Waals surface area contributed by atoms with Crippen LogP contribution in [0.2, 0.25) is 10.0 Å². The summed E-state index contributed by atoms with van der Waals surface area (Å²) in [4.78, 5) is -0.491. The summed E-state index contributed by atoms with van der Waals surface area (Å²) in [7, 11) is -4.18. The molecule has 0 aliphatic rings. The largest absolute Gasteiger partial charge is 0.279 e. The zero-order valence-electron chi connectivity index (χ0n) is 10.0. The van der Waals surface area contributed by atoms with Gasteiger partial charge in [-0.25, -0.2) is 17.2 Å². The van der Waals surface area contributed by atoms with Crippen LogP contribution in [0.15, 0.2) is 39.7 Å². The van der Waals surface area contributed by atoms with E-state index in [0.29, 0.717) is 0 Å². The first-order valence-electron chi connectivity index (χ1n) is 5.34. The van der Waals surface area contributed by atoms with Crippen LogP contribution in [0, 0.1) is 11.6 Å². The number of nitrogens with one attached hydrogen (secondary N) is 1. The molecule has 0 radical (unpaired) electrons. The quantitative estimate of drug-likeness (QED) is 0.728. The normalized spacial score (nSPS) is 11.5. The maximum atomic E-state index is 13.6. The standard InChI is InChI=1S/C12H6BrCl2F2NO2S/c13-7-2-1-6(5-9(7)16)18-21(19,20)10-4-3-8(14)12(17)11(10)15/h1-5,18H. The molecule has 0 atom stereocenters. The Morgan fingerprint density at radius 2 is 1.76 bits per heavy atom. The van der Waals surface area contributed by atoms with Crippen molar-refractivity contribution in [1.29, 1.82) is 0 Å². The lowest BCUT2D eigenvalue weighted by molar-refractivity contribution is 0.595. The number of rotatable bonds is 3. The monoisotopic (exact) mass is 415 g/mol. The third kappa shape index (κ3) is 3.48. The smallest absolute Gasteiger partial charge is 0.263 e. The fourth-order valence-corrected chi connectivity index (χ4v) is 3.53. The number of halogens is 5. The molecule has 0 heterocycles. The molecule has 112 valence electrons. The Kier molecular flexibility index (Phi) is 4.77. The molecular weight excluding hydrogens is 411 g/mol. The van der Waals surface area contributed by atoms with Gasteiger partial charge in [-0.1, -0.05) is 23.2 Å². The van der Waals surface area contributed by atoms with Crippen LogP contribution in [0.4, 0.5) is 14.5 Å². The van der Waals surface area contributed by atoms with Crippen molar-refractivity contribution in [2.75, 3.05) is 4.72 Å². The zero-order valence-corrected chi connectivity index (χ0v) is 13.9. The summed E-state index contributed by atoms with van der Waals surface area (Å²) >= 11 is 14.1. The van der Waals surface area contributed by atoms with Gasteiger partial charge in [0.2, 0.25) is 0 Å². The number of hydrogen-bond acceptors (Lipinski definition) is 2. The number of sulfonamides is 1. The summed E-state index contributed by atoms with van der Waals surface area (Å²) in [5.74, 6) is -1.69. The highest BCUT2D eigenvalue weighted by molar-refractivity contribution is 9.10. The third-order valence-corrected chi connectivity index (χ3v) is 5.30. The van der Waals surface area contributed by atoms with Crippen molar-refractivity contribution in [2.45, 2.75) is 4.90 Å². The summed E-state index contributed by atoms with van der Waals surface area (Å²) < 4.78 is 53.5. The Morgan fingerprint density at radius 1 is 1.10 bits per heavy atom. The van der Waals surface area contributed by atoms with Gasteiger partial charge in [-0.05, 0) is 46.3 Å². The van der Waals surface area contributed by atoms with Gasteiger partial charge in [0.1, 0.15) is 10.7 Å². The van der Waals surface area contributed by atoms with Gasteiger partial charge in [-0.15, -0.1) is 0 Å². The Bertz CT molecular complexity index is 815. The predicted octanol–water partition coefficient (Wildman–Crippen LogP) is 4.83. The summed E-state index contributed by atoms with van der Waals surface area (Å²) in [6, 6.07) is 5.77. The van der Waals surface area contributed by atoms with Crippen molar-refractivity contribution >= 4 is 54.8 Å². The molecular formula is C12H6BrCl2F2NO2S. The first kappa shape index (κ1) is 16.5. The molecule has 3 nitrogen and oxygen atoms in total. The average Bonchev–Trinajstić information content (AvgIpc) is 2.39. The summed E-state index contributed by atoms with van der Waals surface area (Å²) in [6.07, 6.45) is 0. The van der Waals surface area contributed by atoms with Gasteiger partial charge in [-0.2, -0.15) is 0 Å². The Hall–Kier alpha value is -0.890. The Balaban J connectivity index is 2.43. The molecule has 2 rings (SSSR count). The minimum Gasteiger partial charge on any atom is -0.279 e. The minimum absolute atomic E-state index is 0.0258. The van der Waals surface area contributed by atoms with Crippen molar-refractivity contribution in [2.24, 2.45) is 0 Å². The highest BCUT2D eigenvalue weighted by atomic mass is 79.9. The molecule has 0 bridgehead atoms. The molecule has 0 amide bonds. The first-order valence-corrected chi connectivity index (χ1v) is 8.37. The molecule has 2 aromatic carbocycles. The second-order valence-corrected chi connectivity index (χ2v) is 7.20. The van der Waals surface area contributed by atoms with E-state index in [-0.39, 0.29) is 15.2 Å². The molecule has 21 heavy (non-hydrogen) atoms. The molecule has 0 unspecified atom stereocenters. The highest BCUT2D eigenvalue weighted by Gasteiger charge is 2.22. The van der Waals surface area contributed by atoms with Crippen molar-refractivity contribution in [1.82, 2.24) is 0 Å². The highest BCUT2D eigenvalue weighted by Crippen LogP contribution is 2.31. The van der Waals surface area contributed by atoms with E-state index >= 15 is 0 Å². The second kappa shape index (κ2) is 6.08. The lowest BCUT2D eigenvalue weighted by Gasteiger charge is -2.10. The molecule has 0 aliphatic carbocycles. The average molecular weight is 417 g/mol. The van der Waals surface area contributed by atoms with E-state index in [1.807, 2.05) is 0 Å². The van der Waals surface area contributed by atoms with E-state index in [0.717, 1.165) is 18.2 Å². The third-order valence-electron chi connectivity index (χ3n) is 2.46. The molecule has 0 aromatic heterocycles. The van der Waals surface area contributed by atoms with Crippen LogP contribution in [0.1, 0.15) is 0 Å². The Morgan fingerprint density at radius 3 is 2.38 bits per heavy atom. The molecule has 2 aromatic rings. The van der Waals surface area contributed by atoms with E-state index in [1.165, 1.54) is 12.1 Å². The lowest BCUT2D eigenvalue weighted by atomic mass is 10.3. The molecule has 0 fully saturated rings. The maximum absolute atomic E-state index is 13.6. The van der Waals surface area contributed by atoms with Gasteiger partial charge >= 0.3 is 0 Å². The fourth-order valence-electron chi connectivity index (χ4n) is 1.49. The number of hydrogen-bond donors (Lipinski definition) is 1. The molecule has 0 saturated carbocycles. The fraction of sp³-hybridized carbons (Fsp3) is 0. The van der Waals surface area contributed by atoms with Crippen LogP contribution < -0.4 is 4.72 Å². The zero-order chi connectivity index (χ0) is 15.8. The number of benzene rings is 2. The Labute approximate surface area is 138 Å². The molecule has 0 saturated heterocycles. The van der Waals surface area contributed by atoms with Crippen LogP contribution in [0.25, 0.3) is 0 Å². The van der Waals surface area contributed by atoms with Crippen molar-refractivity contribution in [3.05, 3.63) is 56.5 Å². The summed E-state index contributed by atoms with van der Waals surface area (Å²) in [5, 5.41) is -0.929. The van der Waals surface area contributed by atoms with Gasteiger partial charge in [0, 0.05) is 0 Å². The van der Waals surface area contributed by atoms with E-state index < -0.39 is 31.6 Å². The SMILES string of the molecule is O=S(=O)(Nc1ccc(Br)c(F)c1)c1ccc(Cl)c(F)c1Cl. The van der Waals surface area contributed by atoms with E-state index in [9.17, 15) is 17.2 Å². The van der Waals surface area contributed by atoms with Gasteiger partial charge in [0.05, 0.1) is 20.2 Å². The van der Waals surface area contributed by atoms with Gasteiger partial charge in [-0.3, -0.25) is 4.72 Å². The number of anilines is 1. The molecule has 0 spiro atoms. The second-order valence-electron chi connectivity index (χ2n) is 3.91. The van der Waals surface area contributed by atoms with Gasteiger partial charge in [0.25, 0.3) is 10.0 Å². The summed E-state index contributed by atoms with van der Waals surface area (Å²) in [5.41, 5.74) is -0.0258.